The van der Waals surface area contributed by atoms with Crippen LogP contribution in [0.2, 0.25) is 0 Å². The van der Waals surface area contributed by atoms with Gasteiger partial charge in [0.2, 0.25) is 0 Å². The highest BCUT2D eigenvalue weighted by molar-refractivity contribution is 7.22. The zero-order chi connectivity index (χ0) is 7.84. The molecule has 0 saturated carbocycles. The van der Waals surface area contributed by atoms with Crippen LogP contribution >= 0.6 is 11.3 Å². The van der Waals surface area contributed by atoms with Crippen LogP contribution in [-0.4, -0.2) is 15.0 Å². The lowest BCUT2D eigenvalue weighted by molar-refractivity contribution is 1.21. The Kier molecular flexibility index (Phi) is 1.16. The van der Waals surface area contributed by atoms with Gasteiger partial charge >= 0.3 is 0 Å². The number of hydrogen-bond donors (Lipinski definition) is 2. The minimum atomic E-state index is 0.434. The first-order valence-corrected chi connectivity index (χ1v) is 3.71. The second-order valence-electron chi connectivity index (χ2n) is 1.96. The molecule has 0 aromatic carbocycles. The lowest BCUT2D eigenvalue weighted by atomic mass is 10.6. The van der Waals surface area contributed by atoms with Crippen molar-refractivity contribution < 1.29 is 0 Å². The molecule has 0 amide bonds. The van der Waals surface area contributed by atoms with Crippen molar-refractivity contribution in [2.45, 2.75) is 0 Å². The molecule has 0 radical (unpaired) electrons. The average Bonchev–Trinajstić information content (AvgIpc) is 2.31. The van der Waals surface area contributed by atoms with Gasteiger partial charge in [0, 0.05) is 0 Å². The Balaban J connectivity index is 2.90. The molecule has 2 aromatic heterocycles. The summed E-state index contributed by atoms with van der Waals surface area (Å²) in [4.78, 5) is 11.6. The third-order valence-corrected chi connectivity index (χ3v) is 2.13. The maximum absolute atomic E-state index is 5.53. The molecule has 2 rings (SSSR count). The molecule has 2 heterocycles. The number of nitrogen functional groups attached to an aromatic ring is 2. The van der Waals surface area contributed by atoms with Crippen LogP contribution in [0.5, 0.6) is 0 Å². The van der Waals surface area contributed by atoms with Crippen LogP contribution in [0.25, 0.3) is 10.3 Å². The van der Waals surface area contributed by atoms with Gasteiger partial charge in [-0.1, -0.05) is 11.3 Å². The lowest BCUT2D eigenvalue weighted by Gasteiger charge is -1.88. The summed E-state index contributed by atoms with van der Waals surface area (Å²) in [7, 11) is 0. The van der Waals surface area contributed by atoms with Gasteiger partial charge in [-0.2, -0.15) is 0 Å². The fourth-order valence-corrected chi connectivity index (χ4v) is 1.48. The standard InChI is InChI=1S/C5H5N5S/c6-3-2-4(9-1-8-3)10-5(7)11-2/h1H,(H4,6,7,8,9,10). The first-order chi connectivity index (χ1) is 5.27. The van der Waals surface area contributed by atoms with E-state index in [0.717, 1.165) is 4.70 Å². The number of hydrogen-bond acceptors (Lipinski definition) is 6. The van der Waals surface area contributed by atoms with Crippen molar-refractivity contribution in [3.05, 3.63) is 6.33 Å². The van der Waals surface area contributed by atoms with Crippen LogP contribution in [0.15, 0.2) is 6.33 Å². The normalized spacial score (nSPS) is 10.5. The molecule has 5 nitrogen and oxygen atoms in total. The molecule has 0 aliphatic carbocycles. The highest BCUT2D eigenvalue weighted by Crippen LogP contribution is 2.24. The van der Waals surface area contributed by atoms with E-state index in [4.69, 9.17) is 11.5 Å². The zero-order valence-electron chi connectivity index (χ0n) is 5.48. The topological polar surface area (TPSA) is 90.7 Å². The average molecular weight is 167 g/mol. The Bertz CT molecular complexity index is 395. The van der Waals surface area contributed by atoms with E-state index >= 15 is 0 Å². The summed E-state index contributed by atoms with van der Waals surface area (Å²) >= 11 is 1.30. The predicted octanol–water partition coefficient (Wildman–Crippen LogP) is 0.251. The van der Waals surface area contributed by atoms with Crippen LogP contribution in [0, 0.1) is 0 Å². The molecule has 0 spiro atoms. The zero-order valence-corrected chi connectivity index (χ0v) is 6.30. The van der Waals surface area contributed by atoms with Gasteiger partial charge in [0.25, 0.3) is 0 Å². The van der Waals surface area contributed by atoms with Gasteiger partial charge in [-0.05, 0) is 0 Å². The minimum Gasteiger partial charge on any atom is -0.382 e. The number of nitrogens with zero attached hydrogens (tertiary/aromatic N) is 3. The summed E-state index contributed by atoms with van der Waals surface area (Å²) in [6, 6.07) is 0. The van der Waals surface area contributed by atoms with Gasteiger partial charge in [0.1, 0.15) is 16.8 Å². The summed E-state index contributed by atoms with van der Waals surface area (Å²) in [6.45, 7) is 0. The number of aromatic nitrogens is 3. The number of thiazole rings is 1. The van der Waals surface area contributed by atoms with Gasteiger partial charge in [0.05, 0.1) is 0 Å². The van der Waals surface area contributed by atoms with Crippen LogP contribution in [0.3, 0.4) is 0 Å². The first-order valence-electron chi connectivity index (χ1n) is 2.90. The van der Waals surface area contributed by atoms with Crippen molar-refractivity contribution in [3.63, 3.8) is 0 Å². The van der Waals surface area contributed by atoms with Crippen molar-refractivity contribution in [2.75, 3.05) is 11.5 Å². The van der Waals surface area contributed by atoms with E-state index in [1.54, 1.807) is 0 Å². The summed E-state index contributed by atoms with van der Waals surface area (Å²) < 4.78 is 0.755. The lowest BCUT2D eigenvalue weighted by Crippen LogP contribution is -1.90. The number of fused-ring (bicyclic) bond motifs is 1. The summed E-state index contributed by atoms with van der Waals surface area (Å²) in [5.74, 6) is 0.434. The fourth-order valence-electron chi connectivity index (χ4n) is 0.787. The maximum Gasteiger partial charge on any atom is 0.182 e. The molecule has 0 aliphatic rings. The number of anilines is 2. The van der Waals surface area contributed by atoms with Gasteiger partial charge in [-0.3, -0.25) is 0 Å². The van der Waals surface area contributed by atoms with Crippen molar-refractivity contribution in [2.24, 2.45) is 0 Å². The molecule has 0 saturated heterocycles. The second kappa shape index (κ2) is 2.03. The van der Waals surface area contributed by atoms with Crippen LogP contribution < -0.4 is 11.5 Å². The number of rotatable bonds is 0. The van der Waals surface area contributed by atoms with Gasteiger partial charge in [-0.15, -0.1) is 0 Å². The highest BCUT2D eigenvalue weighted by Gasteiger charge is 2.04. The van der Waals surface area contributed by atoms with Crippen LogP contribution in [0.4, 0.5) is 10.9 Å². The molecule has 6 heteroatoms. The van der Waals surface area contributed by atoms with E-state index in [-0.39, 0.29) is 0 Å². The molecule has 0 atom stereocenters. The van der Waals surface area contributed by atoms with E-state index in [9.17, 15) is 0 Å². The summed E-state index contributed by atoms with van der Waals surface area (Å²) in [5, 5.41) is 0.465. The van der Waals surface area contributed by atoms with E-state index in [2.05, 4.69) is 15.0 Å². The highest BCUT2D eigenvalue weighted by atomic mass is 32.1. The molecule has 56 valence electrons. The monoisotopic (exact) mass is 167 g/mol. The van der Waals surface area contributed by atoms with E-state index in [1.165, 1.54) is 17.7 Å². The molecule has 0 unspecified atom stereocenters. The second-order valence-corrected chi connectivity index (χ2v) is 2.99. The first kappa shape index (κ1) is 6.29. The van der Waals surface area contributed by atoms with Gasteiger partial charge in [0.15, 0.2) is 10.8 Å². The molecule has 0 aliphatic heterocycles. The molecule has 11 heavy (non-hydrogen) atoms. The van der Waals surface area contributed by atoms with Crippen molar-refractivity contribution in [3.8, 4) is 0 Å². The van der Waals surface area contributed by atoms with Crippen molar-refractivity contribution in [1.29, 1.82) is 0 Å². The quantitative estimate of drug-likeness (QED) is 0.587. The SMILES string of the molecule is Nc1nc2ncnc(N)c2s1. The third-order valence-electron chi connectivity index (χ3n) is 1.24. The number of nitrogens with two attached hydrogens (primary N) is 2. The van der Waals surface area contributed by atoms with Crippen LogP contribution in [-0.2, 0) is 0 Å². The van der Waals surface area contributed by atoms with Crippen LogP contribution in [0.1, 0.15) is 0 Å². The predicted molar refractivity (Wildman–Crippen MR) is 44.0 cm³/mol. The Labute approximate surface area is 66.1 Å². The minimum absolute atomic E-state index is 0.434. The Morgan fingerprint density at radius 3 is 2.82 bits per heavy atom. The molecule has 4 N–H and O–H groups in total. The summed E-state index contributed by atoms with van der Waals surface area (Å²) in [5.41, 5.74) is 11.5. The largest absolute Gasteiger partial charge is 0.382 e. The Morgan fingerprint density at radius 1 is 1.27 bits per heavy atom. The van der Waals surface area contributed by atoms with Crippen molar-refractivity contribution >= 4 is 32.6 Å². The van der Waals surface area contributed by atoms with Crippen molar-refractivity contribution in [1.82, 2.24) is 15.0 Å². The third kappa shape index (κ3) is 0.874. The molecular formula is C5H5N5S. The van der Waals surface area contributed by atoms with E-state index in [1.807, 2.05) is 0 Å². The molecule has 2 aromatic rings. The van der Waals surface area contributed by atoms with E-state index in [0.29, 0.717) is 16.6 Å². The Hall–Kier alpha value is -1.43. The van der Waals surface area contributed by atoms with E-state index < -0.39 is 0 Å². The van der Waals surface area contributed by atoms with Gasteiger partial charge in [-0.25, -0.2) is 15.0 Å². The Morgan fingerprint density at radius 2 is 2.09 bits per heavy atom. The molecular weight excluding hydrogens is 162 g/mol. The molecule has 0 fully saturated rings. The molecule has 0 bridgehead atoms. The summed E-state index contributed by atoms with van der Waals surface area (Å²) in [6.07, 6.45) is 1.37. The smallest absolute Gasteiger partial charge is 0.182 e. The van der Waals surface area contributed by atoms with Gasteiger partial charge < -0.3 is 11.5 Å². The fraction of sp³-hybridized carbons (Fsp3) is 0. The maximum atomic E-state index is 5.53.